The summed E-state index contributed by atoms with van der Waals surface area (Å²) in [6.45, 7) is 6.69. The standard InChI is InChI=1S/C41H42FN3O5S/c1-30-15-25-37(26-16-30)51(48,49)45(34-21-23-36(24-22-34)50-35-13-9-6-10-14-35)29-39(46)44(28-32-17-19-33(42)20-18-32)38(40(47)43-41(2,3)4)27-31-11-7-5-8-12-31/h5-26,38H,27-29H2,1-4H3,(H,43,47)/t38-/m0/s1. The van der Waals surface area contributed by atoms with Gasteiger partial charge in [-0.25, -0.2) is 12.8 Å². The van der Waals surface area contributed by atoms with Crippen LogP contribution < -0.4 is 14.4 Å². The molecule has 0 aliphatic rings. The van der Waals surface area contributed by atoms with E-state index in [2.05, 4.69) is 5.32 Å². The Labute approximate surface area is 299 Å². The van der Waals surface area contributed by atoms with Crippen molar-refractivity contribution in [2.45, 2.75) is 57.1 Å². The molecule has 8 nitrogen and oxygen atoms in total. The second-order valence-electron chi connectivity index (χ2n) is 13.3. The number of nitrogens with zero attached hydrogens (tertiary/aromatic N) is 2. The molecule has 5 rings (SSSR count). The van der Waals surface area contributed by atoms with Gasteiger partial charge < -0.3 is 15.0 Å². The van der Waals surface area contributed by atoms with Gasteiger partial charge in [0.15, 0.2) is 0 Å². The molecule has 2 amide bonds. The number of anilines is 1. The molecule has 0 aliphatic carbocycles. The molecule has 1 atom stereocenters. The Balaban J connectivity index is 1.57. The summed E-state index contributed by atoms with van der Waals surface area (Å²) in [5.74, 6) is -0.387. The van der Waals surface area contributed by atoms with Crippen LogP contribution in [0.3, 0.4) is 0 Å². The SMILES string of the molecule is Cc1ccc(S(=O)(=O)N(CC(=O)N(Cc2ccc(F)cc2)[C@@H](Cc2ccccc2)C(=O)NC(C)(C)C)c2ccc(Oc3ccccc3)cc2)cc1. The van der Waals surface area contributed by atoms with Gasteiger partial charge in [-0.3, -0.25) is 13.9 Å². The zero-order chi connectivity index (χ0) is 36.6. The number of nitrogens with one attached hydrogen (secondary N) is 1. The minimum Gasteiger partial charge on any atom is -0.457 e. The van der Waals surface area contributed by atoms with Gasteiger partial charge in [-0.2, -0.15) is 0 Å². The van der Waals surface area contributed by atoms with Crippen molar-refractivity contribution in [2.75, 3.05) is 10.8 Å². The monoisotopic (exact) mass is 707 g/mol. The van der Waals surface area contributed by atoms with Gasteiger partial charge >= 0.3 is 0 Å². The van der Waals surface area contributed by atoms with E-state index in [9.17, 15) is 22.4 Å². The van der Waals surface area contributed by atoms with E-state index in [1.54, 1.807) is 60.7 Å². The smallest absolute Gasteiger partial charge is 0.264 e. The molecule has 1 N–H and O–H groups in total. The molecule has 0 saturated heterocycles. The molecule has 0 unspecified atom stereocenters. The Hall–Kier alpha value is -5.48. The number of hydrogen-bond acceptors (Lipinski definition) is 5. The normalized spacial score (nSPS) is 12.1. The molecule has 0 heterocycles. The summed E-state index contributed by atoms with van der Waals surface area (Å²) in [5, 5.41) is 3.00. The minimum atomic E-state index is -4.29. The van der Waals surface area contributed by atoms with Crippen molar-refractivity contribution in [1.29, 1.82) is 0 Å². The summed E-state index contributed by atoms with van der Waals surface area (Å²) in [7, 11) is -4.29. The second-order valence-corrected chi connectivity index (χ2v) is 15.2. The summed E-state index contributed by atoms with van der Waals surface area (Å²) in [6.07, 6.45) is 0.159. The molecule has 264 valence electrons. The summed E-state index contributed by atoms with van der Waals surface area (Å²) in [5.41, 5.74) is 1.85. The predicted octanol–water partition coefficient (Wildman–Crippen LogP) is 7.68. The average Bonchev–Trinajstić information content (AvgIpc) is 3.10. The van der Waals surface area contributed by atoms with E-state index in [4.69, 9.17) is 4.74 Å². The highest BCUT2D eigenvalue weighted by Gasteiger charge is 2.35. The molecule has 10 heteroatoms. The summed E-state index contributed by atoms with van der Waals surface area (Å²) in [6, 6.07) is 35.9. The average molecular weight is 708 g/mol. The van der Waals surface area contributed by atoms with E-state index < -0.39 is 45.8 Å². The van der Waals surface area contributed by atoms with E-state index in [1.165, 1.54) is 29.2 Å². The van der Waals surface area contributed by atoms with Gasteiger partial charge in [-0.05, 0) is 99.5 Å². The number of benzene rings is 5. The van der Waals surface area contributed by atoms with Gasteiger partial charge in [-0.15, -0.1) is 0 Å². The van der Waals surface area contributed by atoms with Crippen LogP contribution in [0.5, 0.6) is 11.5 Å². The van der Waals surface area contributed by atoms with Gasteiger partial charge in [0.25, 0.3) is 10.0 Å². The Morgan fingerprint density at radius 2 is 1.31 bits per heavy atom. The first-order valence-electron chi connectivity index (χ1n) is 16.6. The molecular formula is C41H42FN3O5S. The summed E-state index contributed by atoms with van der Waals surface area (Å²) < 4.78 is 49.6. The summed E-state index contributed by atoms with van der Waals surface area (Å²) >= 11 is 0. The van der Waals surface area contributed by atoms with E-state index >= 15 is 0 Å². The lowest BCUT2D eigenvalue weighted by Gasteiger charge is -2.35. The number of carbonyl (C=O) groups excluding carboxylic acids is 2. The molecule has 0 aromatic heterocycles. The van der Waals surface area contributed by atoms with Crippen LogP contribution in [-0.4, -0.2) is 43.3 Å². The molecule has 0 bridgehead atoms. The van der Waals surface area contributed by atoms with Gasteiger partial charge in [0.2, 0.25) is 11.8 Å². The number of rotatable bonds is 13. The van der Waals surface area contributed by atoms with Gasteiger partial charge in [0.1, 0.15) is 29.9 Å². The third kappa shape index (κ3) is 10.0. The third-order valence-electron chi connectivity index (χ3n) is 8.03. The van der Waals surface area contributed by atoms with Gasteiger partial charge in [-0.1, -0.05) is 78.4 Å². The Bertz CT molecular complexity index is 2020. The lowest BCUT2D eigenvalue weighted by Crippen LogP contribution is -2.56. The lowest BCUT2D eigenvalue weighted by atomic mass is 10.0. The lowest BCUT2D eigenvalue weighted by molar-refractivity contribution is -0.140. The van der Waals surface area contributed by atoms with E-state index in [-0.39, 0.29) is 23.5 Å². The van der Waals surface area contributed by atoms with Crippen molar-refractivity contribution in [3.63, 3.8) is 0 Å². The zero-order valence-electron chi connectivity index (χ0n) is 29.1. The maximum Gasteiger partial charge on any atom is 0.264 e. The van der Waals surface area contributed by atoms with Gasteiger partial charge in [0.05, 0.1) is 10.6 Å². The van der Waals surface area contributed by atoms with Crippen molar-refractivity contribution in [1.82, 2.24) is 10.2 Å². The zero-order valence-corrected chi connectivity index (χ0v) is 29.9. The number of sulfonamides is 1. The summed E-state index contributed by atoms with van der Waals surface area (Å²) in [4.78, 5) is 30.1. The molecule has 51 heavy (non-hydrogen) atoms. The second kappa shape index (κ2) is 16.0. The number of amides is 2. The quantitative estimate of drug-likeness (QED) is 0.136. The Morgan fingerprint density at radius 3 is 1.90 bits per heavy atom. The number of hydrogen-bond donors (Lipinski definition) is 1. The van der Waals surface area contributed by atoms with E-state index in [0.29, 0.717) is 17.1 Å². The minimum absolute atomic E-state index is 0.00177. The first-order chi connectivity index (χ1) is 24.3. The highest BCUT2D eigenvalue weighted by Crippen LogP contribution is 2.29. The van der Waals surface area contributed by atoms with Crippen LogP contribution in [0.1, 0.15) is 37.5 Å². The first-order valence-corrected chi connectivity index (χ1v) is 18.0. The fourth-order valence-electron chi connectivity index (χ4n) is 5.46. The number of aryl methyl sites for hydroxylation is 1. The maximum absolute atomic E-state index is 14.7. The fraction of sp³-hybridized carbons (Fsp3) is 0.220. The van der Waals surface area contributed by atoms with Crippen LogP contribution in [0.4, 0.5) is 10.1 Å². The topological polar surface area (TPSA) is 96.0 Å². The van der Waals surface area contributed by atoms with Crippen molar-refractivity contribution in [3.05, 3.63) is 156 Å². The Kier molecular flexibility index (Phi) is 11.6. The van der Waals surface area contributed by atoms with Crippen LogP contribution in [0, 0.1) is 12.7 Å². The molecule has 5 aromatic rings. The van der Waals surface area contributed by atoms with Crippen LogP contribution in [0.2, 0.25) is 0 Å². The third-order valence-corrected chi connectivity index (χ3v) is 9.82. The molecule has 5 aromatic carbocycles. The van der Waals surface area contributed by atoms with Crippen molar-refractivity contribution in [3.8, 4) is 11.5 Å². The highest BCUT2D eigenvalue weighted by atomic mass is 32.2. The predicted molar refractivity (Wildman–Crippen MR) is 197 cm³/mol. The molecular weight excluding hydrogens is 666 g/mol. The molecule has 0 aliphatic heterocycles. The van der Waals surface area contributed by atoms with Gasteiger partial charge in [0, 0.05) is 18.5 Å². The van der Waals surface area contributed by atoms with E-state index in [1.807, 2.05) is 76.2 Å². The van der Waals surface area contributed by atoms with Crippen molar-refractivity contribution < 1.29 is 27.1 Å². The maximum atomic E-state index is 14.7. The fourth-order valence-corrected chi connectivity index (χ4v) is 6.88. The largest absolute Gasteiger partial charge is 0.457 e. The van der Waals surface area contributed by atoms with Crippen LogP contribution >= 0.6 is 0 Å². The first kappa shape index (κ1) is 36.8. The highest BCUT2D eigenvalue weighted by molar-refractivity contribution is 7.92. The van der Waals surface area contributed by atoms with Crippen molar-refractivity contribution >= 4 is 27.5 Å². The molecule has 0 fully saturated rings. The molecule has 0 radical (unpaired) electrons. The van der Waals surface area contributed by atoms with E-state index in [0.717, 1.165) is 15.4 Å². The van der Waals surface area contributed by atoms with Crippen molar-refractivity contribution in [2.24, 2.45) is 0 Å². The number of carbonyl (C=O) groups is 2. The number of ether oxygens (including phenoxy) is 1. The molecule has 0 spiro atoms. The number of para-hydroxylation sites is 1. The van der Waals surface area contributed by atoms with Crippen LogP contribution in [-0.2, 0) is 32.6 Å². The number of halogens is 1. The Morgan fingerprint density at radius 1 is 0.745 bits per heavy atom. The van der Waals surface area contributed by atoms with Crippen LogP contribution in [0.15, 0.2) is 138 Å². The molecule has 0 saturated carbocycles. The van der Waals surface area contributed by atoms with Crippen LogP contribution in [0.25, 0.3) is 0 Å².